The number of hydrogen-bond donors (Lipinski definition) is 2. The summed E-state index contributed by atoms with van der Waals surface area (Å²) in [6.45, 7) is 6.23. The molecule has 8 nitrogen and oxygen atoms in total. The van der Waals surface area contributed by atoms with Crippen molar-refractivity contribution in [2.45, 2.75) is 32.2 Å². The van der Waals surface area contributed by atoms with Crippen LogP contribution >= 0.6 is 0 Å². The van der Waals surface area contributed by atoms with Crippen LogP contribution in [0.2, 0.25) is 0 Å². The number of para-hydroxylation sites is 1. The fourth-order valence-electron chi connectivity index (χ4n) is 4.88. The van der Waals surface area contributed by atoms with Gasteiger partial charge in [-0.25, -0.2) is 9.59 Å². The van der Waals surface area contributed by atoms with Crippen LogP contribution in [0.25, 0.3) is 0 Å². The van der Waals surface area contributed by atoms with Gasteiger partial charge >= 0.3 is 12.0 Å². The van der Waals surface area contributed by atoms with Crippen molar-refractivity contribution < 1.29 is 23.8 Å². The SMILES string of the molecule is CCOC(=O)C1=C(CN2CCC(c3ccc(C)cc3)C2)NC(=O)NC1c1cccc(OC)c1OC. The summed E-state index contributed by atoms with van der Waals surface area (Å²) in [6.07, 6.45) is 1.02. The second kappa shape index (κ2) is 10.8. The summed E-state index contributed by atoms with van der Waals surface area (Å²) in [5.41, 5.74) is 4.10. The Morgan fingerprint density at radius 2 is 1.89 bits per heavy atom. The van der Waals surface area contributed by atoms with Crippen molar-refractivity contribution in [2.75, 3.05) is 40.5 Å². The average molecular weight is 480 g/mol. The lowest BCUT2D eigenvalue weighted by atomic mass is 9.93. The molecule has 0 saturated carbocycles. The monoisotopic (exact) mass is 479 g/mol. The lowest BCUT2D eigenvalue weighted by Crippen LogP contribution is -2.48. The molecule has 1 fully saturated rings. The summed E-state index contributed by atoms with van der Waals surface area (Å²) in [5, 5.41) is 5.76. The van der Waals surface area contributed by atoms with Crippen LogP contribution < -0.4 is 20.1 Å². The fraction of sp³-hybridized carbons (Fsp3) is 0.407. The van der Waals surface area contributed by atoms with E-state index in [4.69, 9.17) is 14.2 Å². The quantitative estimate of drug-likeness (QED) is 0.562. The van der Waals surface area contributed by atoms with Gasteiger partial charge in [0, 0.05) is 24.4 Å². The predicted octanol–water partition coefficient (Wildman–Crippen LogP) is 3.67. The third-order valence-corrected chi connectivity index (χ3v) is 6.60. The van der Waals surface area contributed by atoms with Crippen molar-refractivity contribution in [3.05, 3.63) is 70.4 Å². The first-order valence-electron chi connectivity index (χ1n) is 11.9. The number of aryl methyl sites for hydroxylation is 1. The second-order valence-electron chi connectivity index (χ2n) is 8.86. The van der Waals surface area contributed by atoms with E-state index in [1.165, 1.54) is 18.2 Å². The van der Waals surface area contributed by atoms with Gasteiger partial charge in [0.15, 0.2) is 11.5 Å². The molecular weight excluding hydrogens is 446 g/mol. The zero-order valence-corrected chi connectivity index (χ0v) is 20.7. The summed E-state index contributed by atoms with van der Waals surface area (Å²) in [6, 6.07) is 12.9. The third-order valence-electron chi connectivity index (χ3n) is 6.60. The maximum absolute atomic E-state index is 13.2. The molecule has 8 heteroatoms. The Morgan fingerprint density at radius 1 is 1.11 bits per heavy atom. The van der Waals surface area contributed by atoms with Crippen LogP contribution in [-0.4, -0.2) is 57.4 Å². The lowest BCUT2D eigenvalue weighted by Gasteiger charge is -2.32. The Bertz CT molecular complexity index is 1110. The minimum atomic E-state index is -0.738. The first-order chi connectivity index (χ1) is 16.9. The van der Waals surface area contributed by atoms with Crippen molar-refractivity contribution in [2.24, 2.45) is 0 Å². The van der Waals surface area contributed by atoms with E-state index >= 15 is 0 Å². The van der Waals surface area contributed by atoms with Gasteiger partial charge in [0.05, 0.1) is 32.4 Å². The van der Waals surface area contributed by atoms with E-state index in [9.17, 15) is 9.59 Å². The number of rotatable bonds is 8. The van der Waals surface area contributed by atoms with E-state index in [2.05, 4.69) is 46.7 Å². The number of carbonyl (C=O) groups excluding carboxylic acids is 2. The average Bonchev–Trinajstić information content (AvgIpc) is 3.32. The van der Waals surface area contributed by atoms with E-state index in [1.807, 2.05) is 6.07 Å². The lowest BCUT2D eigenvalue weighted by molar-refractivity contribution is -0.139. The van der Waals surface area contributed by atoms with Crippen LogP contribution in [0.3, 0.4) is 0 Å². The van der Waals surface area contributed by atoms with Gasteiger partial charge in [0.1, 0.15) is 0 Å². The fourth-order valence-corrected chi connectivity index (χ4v) is 4.88. The molecule has 2 aliphatic heterocycles. The van der Waals surface area contributed by atoms with Gasteiger partial charge in [0.2, 0.25) is 0 Å². The first kappa shape index (κ1) is 24.6. The highest BCUT2D eigenvalue weighted by Crippen LogP contribution is 2.39. The maximum atomic E-state index is 13.2. The zero-order valence-electron chi connectivity index (χ0n) is 20.7. The molecule has 0 aliphatic carbocycles. The van der Waals surface area contributed by atoms with Crippen molar-refractivity contribution in [3.8, 4) is 11.5 Å². The molecule has 2 heterocycles. The van der Waals surface area contributed by atoms with E-state index in [-0.39, 0.29) is 12.6 Å². The van der Waals surface area contributed by atoms with Crippen LogP contribution in [0.15, 0.2) is 53.7 Å². The van der Waals surface area contributed by atoms with Gasteiger partial charge in [-0.3, -0.25) is 4.90 Å². The van der Waals surface area contributed by atoms with E-state index in [1.54, 1.807) is 26.2 Å². The normalized spacial score (nSPS) is 20.3. The number of nitrogens with one attached hydrogen (secondary N) is 2. The van der Waals surface area contributed by atoms with E-state index < -0.39 is 12.0 Å². The molecule has 2 unspecified atom stereocenters. The summed E-state index contributed by atoms with van der Waals surface area (Å²) in [4.78, 5) is 28.2. The van der Waals surface area contributed by atoms with Gasteiger partial charge in [-0.1, -0.05) is 42.0 Å². The molecule has 4 rings (SSSR count). The van der Waals surface area contributed by atoms with Crippen molar-refractivity contribution in [1.29, 1.82) is 0 Å². The Balaban J connectivity index is 1.67. The maximum Gasteiger partial charge on any atom is 0.338 e. The molecule has 2 aromatic carbocycles. The van der Waals surface area contributed by atoms with Gasteiger partial charge in [-0.15, -0.1) is 0 Å². The molecule has 0 spiro atoms. The molecule has 0 bridgehead atoms. The molecule has 35 heavy (non-hydrogen) atoms. The number of likely N-dealkylation sites (tertiary alicyclic amines) is 1. The summed E-state index contributed by atoms with van der Waals surface area (Å²) in [7, 11) is 3.09. The summed E-state index contributed by atoms with van der Waals surface area (Å²) >= 11 is 0. The van der Waals surface area contributed by atoms with Gasteiger partial charge in [-0.2, -0.15) is 0 Å². The van der Waals surface area contributed by atoms with Crippen molar-refractivity contribution in [1.82, 2.24) is 15.5 Å². The van der Waals surface area contributed by atoms with Crippen LogP contribution in [0, 0.1) is 6.92 Å². The highest BCUT2D eigenvalue weighted by atomic mass is 16.5. The Labute approximate surface area is 206 Å². The number of nitrogens with zero attached hydrogens (tertiary/aromatic N) is 1. The number of benzene rings is 2. The Hall–Kier alpha value is -3.52. The molecular formula is C27H33N3O5. The Kier molecular flexibility index (Phi) is 7.60. The number of hydrogen-bond acceptors (Lipinski definition) is 6. The van der Waals surface area contributed by atoms with Gasteiger partial charge in [-0.05, 0) is 44.4 Å². The van der Waals surface area contributed by atoms with Crippen LogP contribution in [0.1, 0.15) is 42.0 Å². The molecule has 1 saturated heterocycles. The molecule has 0 aromatic heterocycles. The topological polar surface area (TPSA) is 89.1 Å². The molecule has 0 radical (unpaired) electrons. The minimum absolute atomic E-state index is 0.227. The molecule has 2 amide bonds. The molecule has 2 atom stereocenters. The van der Waals surface area contributed by atoms with Crippen molar-refractivity contribution >= 4 is 12.0 Å². The highest BCUT2D eigenvalue weighted by molar-refractivity contribution is 5.95. The van der Waals surface area contributed by atoms with Gasteiger partial charge < -0.3 is 24.8 Å². The number of carbonyl (C=O) groups is 2. The number of urea groups is 1. The number of esters is 1. The smallest absolute Gasteiger partial charge is 0.338 e. The predicted molar refractivity (Wildman–Crippen MR) is 133 cm³/mol. The van der Waals surface area contributed by atoms with Gasteiger partial charge in [0.25, 0.3) is 0 Å². The second-order valence-corrected chi connectivity index (χ2v) is 8.86. The Morgan fingerprint density at radius 3 is 2.57 bits per heavy atom. The number of methoxy groups -OCH3 is 2. The highest BCUT2D eigenvalue weighted by Gasteiger charge is 2.37. The van der Waals surface area contributed by atoms with E-state index in [0.717, 1.165) is 19.5 Å². The summed E-state index contributed by atoms with van der Waals surface area (Å²) < 4.78 is 16.5. The molecule has 2 aromatic rings. The van der Waals surface area contributed by atoms with Crippen LogP contribution in [0.5, 0.6) is 11.5 Å². The number of amides is 2. The third kappa shape index (κ3) is 5.27. The van der Waals surface area contributed by atoms with Crippen LogP contribution in [0.4, 0.5) is 4.79 Å². The standard InChI is InChI=1S/C27H33N3O5/c1-5-35-26(31)23-21(16-30-14-13-19(15-30)18-11-9-17(2)10-12-18)28-27(32)29-24(23)20-7-6-8-22(33-3)25(20)34-4/h6-12,19,24H,5,13-16H2,1-4H3,(H2,28,29,32). The summed E-state index contributed by atoms with van der Waals surface area (Å²) in [5.74, 6) is 0.917. The zero-order chi connectivity index (χ0) is 24.9. The molecule has 186 valence electrons. The molecule has 2 aliphatic rings. The minimum Gasteiger partial charge on any atom is -0.493 e. The van der Waals surface area contributed by atoms with E-state index in [0.29, 0.717) is 40.8 Å². The largest absolute Gasteiger partial charge is 0.493 e. The van der Waals surface area contributed by atoms with Crippen molar-refractivity contribution in [3.63, 3.8) is 0 Å². The van der Waals surface area contributed by atoms with Crippen LogP contribution in [-0.2, 0) is 9.53 Å². The number of ether oxygens (including phenoxy) is 3. The first-order valence-corrected chi connectivity index (χ1v) is 11.9. The molecule has 2 N–H and O–H groups in total.